The molecular weight excluding hydrogens is 176 g/mol. The van der Waals surface area contributed by atoms with E-state index in [0.29, 0.717) is 19.5 Å². The highest BCUT2D eigenvalue weighted by Gasteiger charge is 2.14. The summed E-state index contributed by atoms with van der Waals surface area (Å²) in [5, 5.41) is 0. The molecule has 0 aromatic carbocycles. The molecule has 0 atom stereocenters. The Labute approximate surface area is 74.8 Å². The van der Waals surface area contributed by atoms with Crippen LogP contribution >= 0.6 is 0 Å². The lowest BCUT2D eigenvalue weighted by Gasteiger charge is -2.13. The van der Waals surface area contributed by atoms with Crippen LogP contribution in [0.25, 0.3) is 0 Å². The maximum absolute atomic E-state index is 11.3. The van der Waals surface area contributed by atoms with Crippen LogP contribution in [0.4, 0.5) is 0 Å². The van der Waals surface area contributed by atoms with Crippen LogP contribution in [0.1, 0.15) is 19.8 Å². The van der Waals surface area contributed by atoms with E-state index in [0.717, 1.165) is 6.42 Å². The minimum Gasteiger partial charge on any atom is -0.330 e. The molecule has 0 amide bonds. The first-order valence-electron chi connectivity index (χ1n) is 4.18. The SMILES string of the molecule is CCN(C)S(=O)(=O)CCCCN. The summed E-state index contributed by atoms with van der Waals surface area (Å²) in [7, 11) is -1.41. The number of rotatable bonds is 6. The summed E-state index contributed by atoms with van der Waals surface area (Å²) >= 11 is 0. The molecular formula is C7H18N2O2S. The van der Waals surface area contributed by atoms with Gasteiger partial charge in [0.05, 0.1) is 5.75 Å². The predicted molar refractivity (Wildman–Crippen MR) is 50.4 cm³/mol. The van der Waals surface area contributed by atoms with E-state index in [1.165, 1.54) is 4.31 Å². The van der Waals surface area contributed by atoms with Gasteiger partial charge in [-0.05, 0) is 19.4 Å². The molecule has 5 heteroatoms. The third kappa shape index (κ3) is 4.04. The van der Waals surface area contributed by atoms with Gasteiger partial charge in [-0.15, -0.1) is 0 Å². The van der Waals surface area contributed by atoms with Crippen LogP contribution in [0.3, 0.4) is 0 Å². The lowest BCUT2D eigenvalue weighted by molar-refractivity contribution is 0.484. The van der Waals surface area contributed by atoms with Crippen molar-refractivity contribution in [2.75, 3.05) is 25.9 Å². The minimum atomic E-state index is -3.00. The summed E-state index contributed by atoms with van der Waals surface area (Å²) in [6, 6.07) is 0. The molecule has 0 unspecified atom stereocenters. The maximum Gasteiger partial charge on any atom is 0.213 e. The summed E-state index contributed by atoms with van der Waals surface area (Å²) in [5.41, 5.74) is 5.26. The third-order valence-electron chi connectivity index (χ3n) is 1.78. The Bertz CT molecular complexity index is 201. The van der Waals surface area contributed by atoms with Crippen LogP contribution in [-0.4, -0.2) is 38.6 Å². The normalized spacial score (nSPS) is 12.3. The lowest BCUT2D eigenvalue weighted by Crippen LogP contribution is -2.29. The lowest BCUT2D eigenvalue weighted by atomic mass is 10.3. The van der Waals surface area contributed by atoms with Crippen LogP contribution < -0.4 is 5.73 Å². The first kappa shape index (κ1) is 11.9. The maximum atomic E-state index is 11.3. The van der Waals surface area contributed by atoms with Crippen molar-refractivity contribution in [2.24, 2.45) is 5.73 Å². The van der Waals surface area contributed by atoms with Gasteiger partial charge >= 0.3 is 0 Å². The summed E-state index contributed by atoms with van der Waals surface area (Å²) in [6.45, 7) is 2.91. The molecule has 0 aromatic heterocycles. The number of sulfonamides is 1. The van der Waals surface area contributed by atoms with E-state index in [4.69, 9.17) is 5.73 Å². The van der Waals surface area contributed by atoms with Gasteiger partial charge in [0.15, 0.2) is 0 Å². The molecule has 74 valence electrons. The molecule has 0 bridgehead atoms. The van der Waals surface area contributed by atoms with E-state index >= 15 is 0 Å². The van der Waals surface area contributed by atoms with Gasteiger partial charge in [0.25, 0.3) is 0 Å². The molecule has 12 heavy (non-hydrogen) atoms. The van der Waals surface area contributed by atoms with Crippen molar-refractivity contribution >= 4 is 10.0 Å². The quantitative estimate of drug-likeness (QED) is 0.606. The fraction of sp³-hybridized carbons (Fsp3) is 1.00. The number of nitrogens with zero attached hydrogens (tertiary/aromatic N) is 1. The molecule has 0 fully saturated rings. The Balaban J connectivity index is 3.88. The van der Waals surface area contributed by atoms with E-state index < -0.39 is 10.0 Å². The molecule has 0 heterocycles. The minimum absolute atomic E-state index is 0.217. The number of hydrogen-bond donors (Lipinski definition) is 1. The summed E-state index contributed by atoms with van der Waals surface area (Å²) < 4.78 is 24.0. The Hall–Kier alpha value is -0.130. The second kappa shape index (κ2) is 5.50. The van der Waals surface area contributed by atoms with Gasteiger partial charge in [-0.1, -0.05) is 6.92 Å². The van der Waals surface area contributed by atoms with Crippen molar-refractivity contribution in [1.29, 1.82) is 0 Å². The average molecular weight is 194 g/mol. The summed E-state index contributed by atoms with van der Waals surface area (Å²) in [5.74, 6) is 0.217. The molecule has 0 aromatic rings. The zero-order chi connectivity index (χ0) is 9.61. The fourth-order valence-corrected chi connectivity index (χ4v) is 2.06. The number of unbranched alkanes of at least 4 members (excludes halogenated alkanes) is 1. The Morgan fingerprint density at radius 1 is 1.33 bits per heavy atom. The van der Waals surface area contributed by atoms with Crippen LogP contribution in [0.5, 0.6) is 0 Å². The topological polar surface area (TPSA) is 63.4 Å². The van der Waals surface area contributed by atoms with Crippen LogP contribution in [0.2, 0.25) is 0 Å². The molecule has 0 spiro atoms. The Morgan fingerprint density at radius 2 is 1.92 bits per heavy atom. The van der Waals surface area contributed by atoms with Crippen LogP contribution in [0.15, 0.2) is 0 Å². The van der Waals surface area contributed by atoms with Crippen LogP contribution in [0, 0.1) is 0 Å². The van der Waals surface area contributed by atoms with Crippen molar-refractivity contribution < 1.29 is 8.42 Å². The van der Waals surface area contributed by atoms with Crippen molar-refractivity contribution in [3.63, 3.8) is 0 Å². The molecule has 0 saturated carbocycles. The third-order valence-corrected chi connectivity index (χ3v) is 3.79. The fourth-order valence-electron chi connectivity index (χ4n) is 0.781. The van der Waals surface area contributed by atoms with E-state index in [2.05, 4.69) is 0 Å². The molecule has 0 rings (SSSR count). The molecule has 0 aliphatic heterocycles. The van der Waals surface area contributed by atoms with E-state index in [-0.39, 0.29) is 5.75 Å². The molecule has 0 saturated heterocycles. The van der Waals surface area contributed by atoms with Gasteiger partial charge in [-0.25, -0.2) is 12.7 Å². The zero-order valence-corrected chi connectivity index (χ0v) is 8.60. The van der Waals surface area contributed by atoms with Gasteiger partial charge in [0.1, 0.15) is 0 Å². The molecule has 0 radical (unpaired) electrons. The van der Waals surface area contributed by atoms with E-state index in [1.54, 1.807) is 7.05 Å². The van der Waals surface area contributed by atoms with E-state index in [1.807, 2.05) is 6.92 Å². The second-order valence-electron chi connectivity index (χ2n) is 2.73. The van der Waals surface area contributed by atoms with Crippen molar-refractivity contribution in [3.8, 4) is 0 Å². The van der Waals surface area contributed by atoms with E-state index in [9.17, 15) is 8.42 Å². The highest BCUT2D eigenvalue weighted by molar-refractivity contribution is 7.89. The molecule has 4 nitrogen and oxygen atoms in total. The largest absolute Gasteiger partial charge is 0.330 e. The van der Waals surface area contributed by atoms with Gasteiger partial charge in [0.2, 0.25) is 10.0 Å². The Morgan fingerprint density at radius 3 is 2.33 bits per heavy atom. The predicted octanol–water partition coefficient (Wildman–Crippen LogP) is 0.00680. The summed E-state index contributed by atoms with van der Waals surface area (Å²) in [6.07, 6.45) is 1.43. The Kier molecular flexibility index (Phi) is 5.44. The standard InChI is InChI=1S/C7H18N2O2S/c1-3-9(2)12(10,11)7-5-4-6-8/h3-8H2,1-2H3. The van der Waals surface area contributed by atoms with Gasteiger partial charge < -0.3 is 5.73 Å². The number of nitrogens with two attached hydrogens (primary N) is 1. The van der Waals surface area contributed by atoms with Gasteiger partial charge in [0, 0.05) is 13.6 Å². The number of hydrogen-bond acceptors (Lipinski definition) is 3. The molecule has 0 aliphatic rings. The van der Waals surface area contributed by atoms with Crippen molar-refractivity contribution in [1.82, 2.24) is 4.31 Å². The monoisotopic (exact) mass is 194 g/mol. The average Bonchev–Trinajstić information content (AvgIpc) is 2.03. The second-order valence-corrected chi connectivity index (χ2v) is 4.92. The highest BCUT2D eigenvalue weighted by Crippen LogP contribution is 2.00. The van der Waals surface area contributed by atoms with Gasteiger partial charge in [-0.3, -0.25) is 0 Å². The highest BCUT2D eigenvalue weighted by atomic mass is 32.2. The van der Waals surface area contributed by atoms with Crippen LogP contribution in [-0.2, 0) is 10.0 Å². The first-order chi connectivity index (χ1) is 5.54. The molecule has 0 aliphatic carbocycles. The van der Waals surface area contributed by atoms with Crippen molar-refractivity contribution in [2.45, 2.75) is 19.8 Å². The zero-order valence-electron chi connectivity index (χ0n) is 7.78. The smallest absolute Gasteiger partial charge is 0.213 e. The van der Waals surface area contributed by atoms with Gasteiger partial charge in [-0.2, -0.15) is 0 Å². The van der Waals surface area contributed by atoms with Crippen molar-refractivity contribution in [3.05, 3.63) is 0 Å². The molecule has 2 N–H and O–H groups in total. The first-order valence-corrected chi connectivity index (χ1v) is 5.79. The summed E-state index contributed by atoms with van der Waals surface area (Å²) in [4.78, 5) is 0.